The van der Waals surface area contributed by atoms with E-state index in [9.17, 15) is 9.59 Å². The fourth-order valence-corrected chi connectivity index (χ4v) is 1.99. The minimum absolute atomic E-state index is 0.0107. The van der Waals surface area contributed by atoms with Gasteiger partial charge in [-0.2, -0.15) is 0 Å². The lowest BCUT2D eigenvalue weighted by atomic mass is 10.4. The van der Waals surface area contributed by atoms with E-state index in [1.807, 2.05) is 37.3 Å². The molecule has 1 aromatic rings. The topological polar surface area (TPSA) is 71.1 Å². The van der Waals surface area contributed by atoms with Gasteiger partial charge in [-0.05, 0) is 26.0 Å². The van der Waals surface area contributed by atoms with Crippen molar-refractivity contribution in [3.05, 3.63) is 30.3 Å². The molecule has 6 nitrogen and oxygen atoms in total. The van der Waals surface area contributed by atoms with Crippen molar-refractivity contribution in [3.63, 3.8) is 0 Å². The second-order valence-corrected chi connectivity index (χ2v) is 5.21. The summed E-state index contributed by atoms with van der Waals surface area (Å²) in [5, 5.41) is 0. The molecule has 0 amide bonds. The Balaban J connectivity index is 0.000000506. The number of thioether (sulfide) groups is 1. The van der Waals surface area contributed by atoms with Crippen molar-refractivity contribution in [1.29, 1.82) is 0 Å². The van der Waals surface area contributed by atoms with Crippen LogP contribution >= 0.6 is 23.4 Å². The summed E-state index contributed by atoms with van der Waals surface area (Å²) in [4.78, 5) is 22.5. The van der Waals surface area contributed by atoms with Gasteiger partial charge >= 0.3 is 11.9 Å². The van der Waals surface area contributed by atoms with Gasteiger partial charge in [0, 0.05) is 18.1 Å². The molecule has 0 atom stereocenters. The van der Waals surface area contributed by atoms with Crippen molar-refractivity contribution in [1.82, 2.24) is 0 Å². The minimum Gasteiger partial charge on any atom is -0.453 e. The van der Waals surface area contributed by atoms with Gasteiger partial charge in [0.1, 0.15) is 19.2 Å². The summed E-state index contributed by atoms with van der Waals surface area (Å²) >= 11 is 6.56. The zero-order valence-corrected chi connectivity index (χ0v) is 15.4. The largest absolute Gasteiger partial charge is 0.453 e. The van der Waals surface area contributed by atoms with E-state index in [0.717, 1.165) is 4.90 Å². The highest BCUT2D eigenvalue weighted by atomic mass is 35.5. The van der Waals surface area contributed by atoms with E-state index < -0.39 is 5.97 Å². The first kappa shape index (κ1) is 22.7. The molecule has 0 bridgehead atoms. The van der Waals surface area contributed by atoms with E-state index in [0.29, 0.717) is 19.2 Å². The van der Waals surface area contributed by atoms with Crippen molar-refractivity contribution in [3.8, 4) is 0 Å². The molecule has 0 aromatic heterocycles. The normalized spacial score (nSPS) is 9.62. The molecular formula is C16H23ClO6S. The Labute approximate surface area is 151 Å². The monoisotopic (exact) mass is 378 g/mol. The lowest BCUT2D eigenvalue weighted by Gasteiger charge is -2.04. The summed E-state index contributed by atoms with van der Waals surface area (Å²) in [5.41, 5.74) is 0. The summed E-state index contributed by atoms with van der Waals surface area (Å²) in [6.45, 7) is 4.70. The number of hydrogen-bond acceptors (Lipinski definition) is 7. The molecule has 0 saturated carbocycles. The number of benzene rings is 1. The summed E-state index contributed by atoms with van der Waals surface area (Å²) in [6, 6.07) is 9.69. The molecule has 136 valence electrons. The highest BCUT2D eigenvalue weighted by molar-refractivity contribution is 7.99. The SMILES string of the molecule is CCOCC(=O)OCCl.CCOCC(=O)OCSc1ccccc1. The molecule has 0 radical (unpaired) electrons. The Hall–Kier alpha value is -1.28. The molecular weight excluding hydrogens is 356 g/mol. The Morgan fingerprint density at radius 1 is 0.958 bits per heavy atom. The lowest BCUT2D eigenvalue weighted by molar-refractivity contribution is -0.147. The van der Waals surface area contributed by atoms with E-state index >= 15 is 0 Å². The molecule has 1 rings (SSSR count). The maximum atomic E-state index is 11.0. The quantitative estimate of drug-likeness (QED) is 0.268. The molecule has 0 N–H and O–H groups in total. The second kappa shape index (κ2) is 16.6. The molecule has 0 spiro atoms. The van der Waals surface area contributed by atoms with E-state index in [1.165, 1.54) is 11.8 Å². The number of alkyl halides is 1. The Bertz CT molecular complexity index is 443. The van der Waals surface area contributed by atoms with Crippen LogP contribution in [0.25, 0.3) is 0 Å². The first-order valence-electron chi connectivity index (χ1n) is 7.34. The van der Waals surface area contributed by atoms with Gasteiger partial charge in [-0.25, -0.2) is 9.59 Å². The van der Waals surface area contributed by atoms with Gasteiger partial charge in [-0.3, -0.25) is 0 Å². The Morgan fingerprint density at radius 3 is 2.00 bits per heavy atom. The fourth-order valence-electron chi connectivity index (χ4n) is 1.19. The van der Waals surface area contributed by atoms with Crippen LogP contribution in [-0.4, -0.2) is 50.4 Å². The van der Waals surface area contributed by atoms with Crippen molar-refractivity contribution in [2.75, 3.05) is 38.4 Å². The van der Waals surface area contributed by atoms with Gasteiger partial charge < -0.3 is 18.9 Å². The van der Waals surface area contributed by atoms with Crippen molar-refractivity contribution >= 4 is 35.3 Å². The van der Waals surface area contributed by atoms with E-state index in [-0.39, 0.29) is 25.2 Å². The summed E-state index contributed by atoms with van der Waals surface area (Å²) in [6.07, 6.45) is 0. The predicted octanol–water partition coefficient (Wildman–Crippen LogP) is 3.08. The maximum absolute atomic E-state index is 11.0. The third-order valence-corrected chi connectivity index (χ3v) is 3.20. The van der Waals surface area contributed by atoms with Crippen LogP contribution in [0.5, 0.6) is 0 Å². The third kappa shape index (κ3) is 14.3. The van der Waals surface area contributed by atoms with Crippen molar-refractivity contribution < 1.29 is 28.5 Å². The Kier molecular flexibility index (Phi) is 15.7. The van der Waals surface area contributed by atoms with Crippen LogP contribution in [0.15, 0.2) is 35.2 Å². The third-order valence-electron chi connectivity index (χ3n) is 2.25. The minimum atomic E-state index is -0.424. The molecule has 0 unspecified atom stereocenters. The highest BCUT2D eigenvalue weighted by Gasteiger charge is 2.02. The average molecular weight is 379 g/mol. The first-order valence-corrected chi connectivity index (χ1v) is 8.86. The van der Waals surface area contributed by atoms with E-state index in [1.54, 1.807) is 6.92 Å². The molecule has 1 aromatic carbocycles. The van der Waals surface area contributed by atoms with Gasteiger partial charge in [0.05, 0.1) is 0 Å². The van der Waals surface area contributed by atoms with Crippen LogP contribution in [0.1, 0.15) is 13.8 Å². The maximum Gasteiger partial charge on any atom is 0.333 e. The van der Waals surface area contributed by atoms with E-state index in [2.05, 4.69) is 4.74 Å². The van der Waals surface area contributed by atoms with Crippen LogP contribution in [0, 0.1) is 0 Å². The fraction of sp³-hybridized carbons (Fsp3) is 0.500. The van der Waals surface area contributed by atoms with Crippen LogP contribution in [0.4, 0.5) is 0 Å². The number of esters is 2. The molecule has 24 heavy (non-hydrogen) atoms. The molecule has 0 heterocycles. The molecule has 0 aliphatic rings. The van der Waals surface area contributed by atoms with Gasteiger partial charge in [0.25, 0.3) is 0 Å². The average Bonchev–Trinajstić information content (AvgIpc) is 2.60. The molecule has 0 saturated heterocycles. The van der Waals surface area contributed by atoms with Gasteiger partial charge in [0.2, 0.25) is 0 Å². The molecule has 8 heteroatoms. The zero-order chi connectivity index (χ0) is 18.0. The second-order valence-electron chi connectivity index (χ2n) is 3.99. The van der Waals surface area contributed by atoms with Gasteiger partial charge in [0.15, 0.2) is 6.07 Å². The van der Waals surface area contributed by atoms with E-state index in [4.69, 9.17) is 25.8 Å². The van der Waals surface area contributed by atoms with Gasteiger partial charge in [-0.15, -0.1) is 0 Å². The predicted molar refractivity (Wildman–Crippen MR) is 93.1 cm³/mol. The molecule has 0 aliphatic heterocycles. The number of ether oxygens (including phenoxy) is 4. The van der Waals surface area contributed by atoms with Crippen LogP contribution < -0.4 is 0 Å². The van der Waals surface area contributed by atoms with Crippen LogP contribution in [0.2, 0.25) is 0 Å². The number of carbonyl (C=O) groups excluding carboxylic acids is 2. The Morgan fingerprint density at radius 2 is 1.50 bits per heavy atom. The van der Waals surface area contributed by atoms with Crippen molar-refractivity contribution in [2.45, 2.75) is 18.7 Å². The number of halogens is 1. The van der Waals surface area contributed by atoms with Crippen molar-refractivity contribution in [2.24, 2.45) is 0 Å². The number of rotatable bonds is 10. The molecule has 0 aliphatic carbocycles. The smallest absolute Gasteiger partial charge is 0.333 e. The first-order chi connectivity index (χ1) is 11.6. The lowest BCUT2D eigenvalue weighted by Crippen LogP contribution is -2.12. The van der Waals surface area contributed by atoms with Crippen LogP contribution in [0.3, 0.4) is 0 Å². The van der Waals surface area contributed by atoms with Gasteiger partial charge in [-0.1, -0.05) is 41.6 Å². The number of carbonyl (C=O) groups is 2. The standard InChI is InChI=1S/C11H14O3S.C5H9ClO3/c1-2-13-8-11(12)14-9-15-10-6-4-3-5-7-10;1-2-8-3-5(7)9-4-6/h3-7H,2,8-9H2,1H3;2-4H2,1H3. The molecule has 0 fully saturated rings. The van der Waals surface area contributed by atoms with Crippen LogP contribution in [-0.2, 0) is 28.5 Å². The summed E-state index contributed by atoms with van der Waals surface area (Å²) < 4.78 is 18.9. The zero-order valence-electron chi connectivity index (χ0n) is 13.9. The summed E-state index contributed by atoms with van der Waals surface area (Å²) in [5.74, 6) is -0.414. The summed E-state index contributed by atoms with van der Waals surface area (Å²) in [7, 11) is 0. The number of hydrogen-bond donors (Lipinski definition) is 0. The highest BCUT2D eigenvalue weighted by Crippen LogP contribution is 2.16.